The topological polar surface area (TPSA) is 64.4 Å². The Hall–Kier alpha value is -0.980. The first kappa shape index (κ1) is 14.1. The lowest BCUT2D eigenvalue weighted by Crippen LogP contribution is -2.19. The minimum absolute atomic E-state index is 0.0918. The summed E-state index contributed by atoms with van der Waals surface area (Å²) in [6.45, 7) is 4.58. The van der Waals surface area contributed by atoms with Gasteiger partial charge >= 0.3 is 0 Å². The molecule has 0 aromatic heterocycles. The van der Waals surface area contributed by atoms with Crippen LogP contribution in [0.5, 0.6) is 0 Å². The van der Waals surface area contributed by atoms with Crippen molar-refractivity contribution in [1.82, 2.24) is 5.32 Å². The van der Waals surface area contributed by atoms with Crippen LogP contribution in [0.25, 0.3) is 0 Å². The maximum Gasteiger partial charge on any atom is 0.283 e. The maximum absolute atomic E-state index is 10.7. The number of nitrogens with zero attached hydrogens (tertiary/aromatic N) is 1. The number of halogens is 1. The Labute approximate surface area is 108 Å². The number of nitro benzene ring substituents is 1. The van der Waals surface area contributed by atoms with E-state index in [9.17, 15) is 10.1 Å². The van der Waals surface area contributed by atoms with Gasteiger partial charge in [0.1, 0.15) is 0 Å². The smallest absolute Gasteiger partial charge is 0.283 e. The van der Waals surface area contributed by atoms with Crippen LogP contribution in [0.1, 0.15) is 12.5 Å². The molecule has 0 aliphatic carbocycles. The average Bonchev–Trinajstić information content (AvgIpc) is 2.30. The number of nitro groups is 1. The molecule has 0 saturated carbocycles. The van der Waals surface area contributed by atoms with Crippen molar-refractivity contribution < 1.29 is 9.66 Å². The normalized spacial score (nSPS) is 10.5. The first-order chi connectivity index (χ1) is 8.16. The van der Waals surface area contributed by atoms with Gasteiger partial charge in [-0.25, -0.2) is 0 Å². The molecule has 1 rings (SSSR count). The van der Waals surface area contributed by atoms with Crippen molar-refractivity contribution in [2.24, 2.45) is 0 Å². The third-order valence-electron chi connectivity index (χ3n) is 2.20. The molecule has 1 aromatic carbocycles. The zero-order valence-corrected chi connectivity index (χ0v) is 11.2. The predicted octanol–water partition coefficient (Wildman–Crippen LogP) is 2.48. The molecule has 17 heavy (non-hydrogen) atoms. The lowest BCUT2D eigenvalue weighted by molar-refractivity contribution is -0.385. The highest BCUT2D eigenvalue weighted by atomic mass is 79.9. The summed E-state index contributed by atoms with van der Waals surface area (Å²) in [6.07, 6.45) is 0. The standard InChI is InChI=1S/C11H15BrN2O3/c1-2-17-7-6-13-8-9-4-3-5-10(11(9)12)14(15)16/h3-5,13H,2,6-8H2,1H3. The summed E-state index contributed by atoms with van der Waals surface area (Å²) >= 11 is 3.25. The fourth-order valence-electron chi connectivity index (χ4n) is 1.36. The van der Waals surface area contributed by atoms with Crippen molar-refractivity contribution in [3.05, 3.63) is 38.3 Å². The Morgan fingerprint density at radius 2 is 2.29 bits per heavy atom. The summed E-state index contributed by atoms with van der Waals surface area (Å²) in [4.78, 5) is 10.3. The summed E-state index contributed by atoms with van der Waals surface area (Å²) in [5.74, 6) is 0. The Bertz CT molecular complexity index is 385. The largest absolute Gasteiger partial charge is 0.380 e. The van der Waals surface area contributed by atoms with E-state index < -0.39 is 4.92 Å². The summed E-state index contributed by atoms with van der Waals surface area (Å²) in [5, 5.41) is 13.9. The van der Waals surface area contributed by atoms with E-state index in [0.29, 0.717) is 24.2 Å². The molecule has 94 valence electrons. The van der Waals surface area contributed by atoms with E-state index in [1.54, 1.807) is 6.07 Å². The molecule has 0 unspecified atom stereocenters. The molecule has 0 aliphatic rings. The Morgan fingerprint density at radius 1 is 1.53 bits per heavy atom. The van der Waals surface area contributed by atoms with Crippen molar-refractivity contribution in [2.75, 3.05) is 19.8 Å². The molecule has 6 heteroatoms. The second-order valence-electron chi connectivity index (χ2n) is 3.38. The number of benzene rings is 1. The van der Waals surface area contributed by atoms with Crippen molar-refractivity contribution >= 4 is 21.6 Å². The lowest BCUT2D eigenvalue weighted by Gasteiger charge is -2.07. The summed E-state index contributed by atoms with van der Waals surface area (Å²) in [6, 6.07) is 5.01. The van der Waals surface area contributed by atoms with Gasteiger partial charge in [0.25, 0.3) is 5.69 Å². The monoisotopic (exact) mass is 302 g/mol. The van der Waals surface area contributed by atoms with E-state index in [-0.39, 0.29) is 5.69 Å². The van der Waals surface area contributed by atoms with E-state index in [1.807, 2.05) is 13.0 Å². The van der Waals surface area contributed by atoms with Crippen LogP contribution in [0.15, 0.2) is 22.7 Å². The summed E-state index contributed by atoms with van der Waals surface area (Å²) in [5.41, 5.74) is 0.963. The third-order valence-corrected chi connectivity index (χ3v) is 3.11. The van der Waals surface area contributed by atoms with Crippen molar-refractivity contribution in [3.8, 4) is 0 Å². The number of rotatable bonds is 7. The van der Waals surface area contributed by atoms with Crippen LogP contribution in [-0.2, 0) is 11.3 Å². The quantitative estimate of drug-likeness (QED) is 0.477. The molecule has 5 nitrogen and oxygen atoms in total. The van der Waals surface area contributed by atoms with Crippen LogP contribution in [0.2, 0.25) is 0 Å². The molecule has 0 atom stereocenters. The van der Waals surface area contributed by atoms with Crippen LogP contribution >= 0.6 is 15.9 Å². The first-order valence-corrected chi connectivity index (χ1v) is 6.16. The van der Waals surface area contributed by atoms with Crippen molar-refractivity contribution in [2.45, 2.75) is 13.5 Å². The summed E-state index contributed by atoms with van der Waals surface area (Å²) < 4.78 is 5.72. The molecular weight excluding hydrogens is 288 g/mol. The first-order valence-electron chi connectivity index (χ1n) is 5.37. The average molecular weight is 303 g/mol. The van der Waals surface area contributed by atoms with Crippen molar-refractivity contribution in [1.29, 1.82) is 0 Å². The zero-order valence-electron chi connectivity index (χ0n) is 9.61. The number of hydrogen-bond donors (Lipinski definition) is 1. The van der Waals surface area contributed by atoms with Gasteiger partial charge < -0.3 is 10.1 Å². The van der Waals surface area contributed by atoms with Gasteiger partial charge in [-0.15, -0.1) is 0 Å². The third kappa shape index (κ3) is 4.41. The molecule has 0 fully saturated rings. The van der Waals surface area contributed by atoms with Gasteiger partial charge in [0.15, 0.2) is 0 Å². The number of ether oxygens (including phenoxy) is 1. The molecule has 0 saturated heterocycles. The van der Waals surface area contributed by atoms with Gasteiger partial charge in [-0.2, -0.15) is 0 Å². The lowest BCUT2D eigenvalue weighted by atomic mass is 10.2. The van der Waals surface area contributed by atoms with Gasteiger partial charge in [0.2, 0.25) is 0 Å². The molecule has 1 N–H and O–H groups in total. The molecular formula is C11H15BrN2O3. The SMILES string of the molecule is CCOCCNCc1cccc([N+](=O)[O-])c1Br. The molecule has 0 heterocycles. The number of nitrogens with one attached hydrogen (secondary N) is 1. The second-order valence-corrected chi connectivity index (χ2v) is 4.17. The van der Waals surface area contributed by atoms with E-state index in [1.165, 1.54) is 6.07 Å². The molecule has 0 radical (unpaired) electrons. The van der Waals surface area contributed by atoms with Crippen LogP contribution in [0.4, 0.5) is 5.69 Å². The van der Waals surface area contributed by atoms with Crippen LogP contribution in [-0.4, -0.2) is 24.7 Å². The number of hydrogen-bond acceptors (Lipinski definition) is 4. The highest BCUT2D eigenvalue weighted by molar-refractivity contribution is 9.10. The van der Waals surface area contributed by atoms with Gasteiger partial charge in [0.05, 0.1) is 16.0 Å². The minimum atomic E-state index is -0.395. The Morgan fingerprint density at radius 3 is 2.94 bits per heavy atom. The van der Waals surface area contributed by atoms with Gasteiger partial charge in [0, 0.05) is 25.8 Å². The maximum atomic E-state index is 10.7. The summed E-state index contributed by atoms with van der Waals surface area (Å²) in [7, 11) is 0. The fraction of sp³-hybridized carbons (Fsp3) is 0.455. The van der Waals surface area contributed by atoms with E-state index >= 15 is 0 Å². The van der Waals surface area contributed by atoms with Crippen LogP contribution < -0.4 is 5.32 Å². The fourth-order valence-corrected chi connectivity index (χ4v) is 1.90. The van der Waals surface area contributed by atoms with E-state index in [2.05, 4.69) is 21.2 Å². The second kappa shape index (κ2) is 7.37. The molecule has 0 amide bonds. The Balaban J connectivity index is 2.54. The molecule has 1 aromatic rings. The van der Waals surface area contributed by atoms with Crippen molar-refractivity contribution in [3.63, 3.8) is 0 Å². The molecule has 0 bridgehead atoms. The van der Waals surface area contributed by atoms with Gasteiger partial charge in [-0.05, 0) is 28.4 Å². The molecule has 0 spiro atoms. The van der Waals surface area contributed by atoms with E-state index in [0.717, 1.165) is 12.1 Å². The predicted molar refractivity (Wildman–Crippen MR) is 69.0 cm³/mol. The Kier molecular flexibility index (Phi) is 6.10. The van der Waals surface area contributed by atoms with E-state index in [4.69, 9.17) is 4.74 Å². The minimum Gasteiger partial charge on any atom is -0.380 e. The van der Waals surface area contributed by atoms with Gasteiger partial charge in [-0.1, -0.05) is 12.1 Å². The molecule has 0 aliphatic heterocycles. The van der Waals surface area contributed by atoms with Crippen LogP contribution in [0, 0.1) is 10.1 Å². The highest BCUT2D eigenvalue weighted by Crippen LogP contribution is 2.27. The van der Waals surface area contributed by atoms with Gasteiger partial charge in [-0.3, -0.25) is 10.1 Å². The highest BCUT2D eigenvalue weighted by Gasteiger charge is 2.13. The van der Waals surface area contributed by atoms with Crippen LogP contribution in [0.3, 0.4) is 0 Å². The zero-order chi connectivity index (χ0) is 12.7.